The van der Waals surface area contributed by atoms with E-state index >= 15 is 0 Å². The molecule has 168 valence electrons. The Morgan fingerprint density at radius 1 is 0.968 bits per heavy atom. The Bertz CT molecular complexity index is 923. The molecule has 1 aliphatic carbocycles. The number of aliphatic imine (C=N–C) groups is 1. The van der Waals surface area contributed by atoms with Crippen LogP contribution in [0.4, 0.5) is 10.7 Å². The quantitative estimate of drug-likeness (QED) is 0.694. The SMILES string of the molecule is Cc1c(C)[n+]2c(n1C1CCCCC1)N=C1C2C(=O)N(CCN2CCCCC2)C(=O)N1C. The van der Waals surface area contributed by atoms with E-state index in [9.17, 15) is 9.59 Å². The van der Waals surface area contributed by atoms with E-state index in [1.165, 1.54) is 49.1 Å². The zero-order valence-electron chi connectivity index (χ0n) is 19.1. The number of likely N-dealkylation sites (tertiary alicyclic amines) is 1. The molecular weight excluding hydrogens is 392 g/mol. The van der Waals surface area contributed by atoms with Crippen molar-refractivity contribution < 1.29 is 14.2 Å². The molecule has 5 rings (SSSR count). The zero-order valence-corrected chi connectivity index (χ0v) is 19.1. The van der Waals surface area contributed by atoms with Crippen LogP contribution in [0.5, 0.6) is 0 Å². The Balaban J connectivity index is 1.45. The van der Waals surface area contributed by atoms with Crippen LogP contribution in [0, 0.1) is 13.8 Å². The number of likely N-dealkylation sites (N-methyl/N-ethyl adjacent to an activating group) is 1. The lowest BCUT2D eigenvalue weighted by molar-refractivity contribution is -0.683. The number of urea groups is 1. The van der Waals surface area contributed by atoms with Gasteiger partial charge >= 0.3 is 12.0 Å². The van der Waals surface area contributed by atoms with Crippen molar-refractivity contribution in [3.8, 4) is 0 Å². The summed E-state index contributed by atoms with van der Waals surface area (Å²) in [4.78, 5) is 37.0. The standard InChI is InChI=1S/C23H35N6O2/c1-16-17(2)29-19-20(24-22(29)28(16)18-10-6-4-7-11-18)25(3)23(31)27(21(19)30)15-14-26-12-8-5-9-13-26/h18-19H,4-15H2,1-3H3/q+1. The highest BCUT2D eigenvalue weighted by Crippen LogP contribution is 2.37. The summed E-state index contributed by atoms with van der Waals surface area (Å²) in [6.07, 6.45) is 9.76. The van der Waals surface area contributed by atoms with Crippen LogP contribution in [0.2, 0.25) is 0 Å². The first-order chi connectivity index (χ1) is 15.0. The van der Waals surface area contributed by atoms with Gasteiger partial charge in [-0.25, -0.2) is 13.9 Å². The molecule has 0 bridgehead atoms. The summed E-state index contributed by atoms with van der Waals surface area (Å²) >= 11 is 0. The van der Waals surface area contributed by atoms with E-state index in [4.69, 9.17) is 4.99 Å². The van der Waals surface area contributed by atoms with Gasteiger partial charge in [0.1, 0.15) is 11.4 Å². The molecule has 8 nitrogen and oxygen atoms in total. The van der Waals surface area contributed by atoms with E-state index in [2.05, 4.69) is 27.9 Å². The third kappa shape index (κ3) is 3.30. The number of piperidine rings is 1. The van der Waals surface area contributed by atoms with Crippen LogP contribution >= 0.6 is 0 Å². The van der Waals surface area contributed by atoms with E-state index in [0.29, 0.717) is 18.4 Å². The van der Waals surface area contributed by atoms with Gasteiger partial charge in [0.2, 0.25) is 11.9 Å². The lowest BCUT2D eigenvalue weighted by atomic mass is 9.95. The molecule has 1 unspecified atom stereocenters. The molecule has 1 saturated carbocycles. The number of imidazole rings is 1. The molecule has 3 amide bonds. The molecule has 0 radical (unpaired) electrons. The maximum absolute atomic E-state index is 13.6. The maximum Gasteiger partial charge on any atom is 0.402 e. The zero-order chi connectivity index (χ0) is 21.7. The van der Waals surface area contributed by atoms with Crippen LogP contribution in [0.3, 0.4) is 0 Å². The predicted octanol–water partition coefficient (Wildman–Crippen LogP) is 2.86. The van der Waals surface area contributed by atoms with Crippen molar-refractivity contribution >= 4 is 23.7 Å². The maximum atomic E-state index is 13.6. The second-order valence-electron chi connectivity index (χ2n) is 9.61. The lowest BCUT2D eigenvalue weighted by Crippen LogP contribution is -2.64. The van der Waals surface area contributed by atoms with Crippen molar-refractivity contribution in [3.63, 3.8) is 0 Å². The molecule has 3 aliphatic heterocycles. The molecule has 4 aliphatic rings. The van der Waals surface area contributed by atoms with Crippen LogP contribution in [-0.4, -0.2) is 70.3 Å². The molecule has 8 heteroatoms. The second-order valence-corrected chi connectivity index (χ2v) is 9.61. The monoisotopic (exact) mass is 427 g/mol. The minimum atomic E-state index is -0.525. The summed E-state index contributed by atoms with van der Waals surface area (Å²) < 4.78 is 4.42. The largest absolute Gasteiger partial charge is 0.402 e. The molecule has 3 fully saturated rings. The lowest BCUT2D eigenvalue weighted by Gasteiger charge is -2.35. The Hall–Kier alpha value is -2.22. The van der Waals surface area contributed by atoms with Gasteiger partial charge in [0.05, 0.1) is 6.04 Å². The molecule has 1 aromatic heterocycles. The van der Waals surface area contributed by atoms with Gasteiger partial charge in [-0.15, -0.1) is 0 Å². The summed E-state index contributed by atoms with van der Waals surface area (Å²) in [5, 5.41) is 0. The number of carbonyl (C=O) groups is 2. The molecule has 1 aromatic rings. The molecular formula is C23H35N6O2+. The Morgan fingerprint density at radius 2 is 1.65 bits per heavy atom. The van der Waals surface area contributed by atoms with Gasteiger partial charge in [0.25, 0.3) is 5.91 Å². The number of rotatable bonds is 4. The summed E-state index contributed by atoms with van der Waals surface area (Å²) in [6, 6.07) is -0.344. The summed E-state index contributed by atoms with van der Waals surface area (Å²) in [6.45, 7) is 7.54. The van der Waals surface area contributed by atoms with Crippen molar-refractivity contribution in [1.82, 2.24) is 19.3 Å². The van der Waals surface area contributed by atoms with Gasteiger partial charge in [-0.2, -0.15) is 0 Å². The van der Waals surface area contributed by atoms with E-state index in [1.807, 2.05) is 0 Å². The van der Waals surface area contributed by atoms with Crippen LogP contribution in [0.25, 0.3) is 0 Å². The number of imide groups is 1. The van der Waals surface area contributed by atoms with Crippen molar-refractivity contribution in [2.75, 3.05) is 33.2 Å². The number of amides is 3. The first-order valence-corrected chi connectivity index (χ1v) is 12.0. The fourth-order valence-electron chi connectivity index (χ4n) is 5.87. The number of amidine groups is 1. The van der Waals surface area contributed by atoms with Gasteiger partial charge in [-0.3, -0.25) is 14.6 Å². The van der Waals surface area contributed by atoms with Crippen molar-refractivity contribution in [1.29, 1.82) is 0 Å². The topological polar surface area (TPSA) is 65.0 Å². The molecule has 0 aromatic carbocycles. The number of aromatic nitrogens is 2. The first-order valence-electron chi connectivity index (χ1n) is 12.0. The van der Waals surface area contributed by atoms with Crippen molar-refractivity contribution in [2.45, 2.75) is 77.3 Å². The number of nitrogens with zero attached hydrogens (tertiary/aromatic N) is 6. The average molecular weight is 428 g/mol. The molecule has 0 N–H and O–H groups in total. The second kappa shape index (κ2) is 8.04. The Labute approximate surface area is 184 Å². The van der Waals surface area contributed by atoms with Crippen LogP contribution in [0.1, 0.15) is 74.8 Å². The number of fused-ring (bicyclic) bond motifs is 3. The molecule has 4 heterocycles. The first kappa shape index (κ1) is 20.7. The molecule has 0 spiro atoms. The molecule has 31 heavy (non-hydrogen) atoms. The van der Waals surface area contributed by atoms with Gasteiger partial charge < -0.3 is 4.90 Å². The average Bonchev–Trinajstić information content (AvgIpc) is 3.29. The minimum absolute atomic E-state index is 0.133. The van der Waals surface area contributed by atoms with Gasteiger partial charge in [0, 0.05) is 20.1 Å². The normalized spacial score (nSPS) is 25.1. The minimum Gasteiger partial charge on any atom is -0.302 e. The summed E-state index contributed by atoms with van der Waals surface area (Å²) in [5.74, 6) is 1.28. The molecule has 2 saturated heterocycles. The summed E-state index contributed by atoms with van der Waals surface area (Å²) in [5.41, 5.74) is 2.27. The van der Waals surface area contributed by atoms with Gasteiger partial charge in [-0.05, 0) is 65.5 Å². The van der Waals surface area contributed by atoms with E-state index < -0.39 is 6.04 Å². The highest BCUT2D eigenvalue weighted by molar-refractivity contribution is 6.19. The third-order valence-electron chi connectivity index (χ3n) is 7.78. The predicted molar refractivity (Wildman–Crippen MR) is 118 cm³/mol. The fourth-order valence-corrected chi connectivity index (χ4v) is 5.87. The molecule has 1 atom stereocenters. The number of hydrogen-bond acceptors (Lipinski definition) is 4. The van der Waals surface area contributed by atoms with Crippen LogP contribution in [0.15, 0.2) is 4.99 Å². The number of carbonyl (C=O) groups excluding carboxylic acids is 2. The van der Waals surface area contributed by atoms with E-state index in [0.717, 1.165) is 44.1 Å². The van der Waals surface area contributed by atoms with Crippen LogP contribution < -0.4 is 4.57 Å². The van der Waals surface area contributed by atoms with E-state index in [-0.39, 0.29) is 11.9 Å². The number of hydrogen-bond donors (Lipinski definition) is 0. The summed E-state index contributed by atoms with van der Waals surface area (Å²) in [7, 11) is 1.76. The smallest absolute Gasteiger partial charge is 0.302 e. The third-order valence-corrected chi connectivity index (χ3v) is 7.78. The Kier molecular flexibility index (Phi) is 5.36. The van der Waals surface area contributed by atoms with Crippen molar-refractivity contribution in [3.05, 3.63) is 11.4 Å². The van der Waals surface area contributed by atoms with Gasteiger partial charge in [0.15, 0.2) is 0 Å². The van der Waals surface area contributed by atoms with Crippen molar-refractivity contribution in [2.24, 2.45) is 4.99 Å². The highest BCUT2D eigenvalue weighted by Gasteiger charge is 2.54. The van der Waals surface area contributed by atoms with Gasteiger partial charge in [-0.1, -0.05) is 17.8 Å². The van der Waals surface area contributed by atoms with Crippen LogP contribution in [-0.2, 0) is 4.79 Å². The highest BCUT2D eigenvalue weighted by atomic mass is 16.2. The fraction of sp³-hybridized carbons (Fsp3) is 0.739. The Morgan fingerprint density at radius 3 is 2.35 bits per heavy atom. The van der Waals surface area contributed by atoms with E-state index in [1.54, 1.807) is 11.9 Å².